The fraction of sp³-hybridized carbons (Fsp3) is 0. The molecule has 0 atom stereocenters. The van der Waals surface area contributed by atoms with Crippen LogP contribution >= 0.6 is 49.9 Å². The van der Waals surface area contributed by atoms with E-state index in [1.54, 1.807) is 6.07 Å². The van der Waals surface area contributed by atoms with Crippen molar-refractivity contribution in [3.63, 3.8) is 0 Å². The maximum atomic E-state index is 10.8. The highest BCUT2D eigenvalue weighted by molar-refractivity contribution is 14.1. The van der Waals surface area contributed by atoms with Crippen LogP contribution in [-0.2, 0) is 0 Å². The van der Waals surface area contributed by atoms with E-state index in [-0.39, 0.29) is 10.6 Å². The van der Waals surface area contributed by atoms with Crippen molar-refractivity contribution in [2.24, 2.45) is 0 Å². The Balaban J connectivity index is 2.84. The molecule has 1 aromatic carbocycles. The zero-order chi connectivity index (χ0) is 10.3. The van der Waals surface area contributed by atoms with Crippen LogP contribution in [0.2, 0.25) is 0 Å². The molecule has 14 heavy (non-hydrogen) atoms. The minimum absolute atomic E-state index is 0.220. The molecule has 2 rings (SSSR count). The third-order valence-electron chi connectivity index (χ3n) is 1.77. The largest absolute Gasteiger partial charge is 0.301 e. The fourth-order valence-electron chi connectivity index (χ4n) is 1.20. The van der Waals surface area contributed by atoms with E-state index in [9.17, 15) is 10.1 Å². The second-order valence-electron chi connectivity index (χ2n) is 2.62. The van der Waals surface area contributed by atoms with Gasteiger partial charge in [0, 0.05) is 9.17 Å². The monoisotopic (exact) mass is 383 g/mol. The molecule has 0 radical (unpaired) electrons. The highest BCUT2D eigenvalue weighted by Gasteiger charge is 2.20. The highest BCUT2D eigenvalue weighted by Crippen LogP contribution is 2.39. The van der Waals surface area contributed by atoms with Crippen molar-refractivity contribution in [2.75, 3.05) is 0 Å². The number of fused-ring (bicyclic) bond motifs is 1. The van der Waals surface area contributed by atoms with Crippen LogP contribution in [0.25, 0.3) is 10.1 Å². The van der Waals surface area contributed by atoms with Gasteiger partial charge in [0.2, 0.25) is 0 Å². The predicted molar refractivity (Wildman–Crippen MR) is 68.9 cm³/mol. The molecule has 1 heterocycles. The van der Waals surface area contributed by atoms with Gasteiger partial charge in [-0.3, -0.25) is 10.1 Å². The van der Waals surface area contributed by atoms with E-state index in [1.807, 2.05) is 34.7 Å². The lowest BCUT2D eigenvalue weighted by Gasteiger charge is -1.90. The van der Waals surface area contributed by atoms with Gasteiger partial charge in [-0.05, 0) is 40.8 Å². The van der Waals surface area contributed by atoms with E-state index in [1.165, 1.54) is 11.3 Å². The Labute approximate surface area is 106 Å². The second kappa shape index (κ2) is 3.74. The summed E-state index contributed by atoms with van der Waals surface area (Å²) in [6.07, 6.45) is 0. The topological polar surface area (TPSA) is 43.1 Å². The first-order valence-corrected chi connectivity index (χ1v) is 6.30. The zero-order valence-corrected chi connectivity index (χ0v) is 11.2. The molecule has 3 nitrogen and oxygen atoms in total. The fourth-order valence-corrected chi connectivity index (χ4v) is 3.84. The SMILES string of the molecule is O=[N+]([O-])c1c(I)sc2cc(Br)ccc12. The van der Waals surface area contributed by atoms with Crippen molar-refractivity contribution < 1.29 is 4.92 Å². The Bertz CT molecular complexity index is 525. The van der Waals surface area contributed by atoms with E-state index >= 15 is 0 Å². The van der Waals surface area contributed by atoms with Crippen LogP contribution in [0.15, 0.2) is 22.7 Å². The van der Waals surface area contributed by atoms with Gasteiger partial charge in [-0.1, -0.05) is 15.9 Å². The third kappa shape index (κ3) is 1.66. The summed E-state index contributed by atoms with van der Waals surface area (Å²) >= 11 is 6.78. The van der Waals surface area contributed by atoms with Crippen LogP contribution in [0.3, 0.4) is 0 Å². The molecule has 6 heteroatoms. The molecular formula is C8H3BrINO2S. The quantitative estimate of drug-likeness (QED) is 0.421. The van der Waals surface area contributed by atoms with Gasteiger partial charge in [0.1, 0.15) is 2.88 Å². The molecule has 0 bridgehead atoms. The van der Waals surface area contributed by atoms with Gasteiger partial charge in [0.05, 0.1) is 10.3 Å². The van der Waals surface area contributed by atoms with Crippen molar-refractivity contribution in [1.82, 2.24) is 0 Å². The summed E-state index contributed by atoms with van der Waals surface area (Å²) in [5.74, 6) is 0. The summed E-state index contributed by atoms with van der Waals surface area (Å²) in [5.41, 5.74) is 0.220. The van der Waals surface area contributed by atoms with E-state index in [0.717, 1.165) is 12.1 Å². The Morgan fingerprint density at radius 2 is 2.21 bits per heavy atom. The molecule has 0 spiro atoms. The van der Waals surface area contributed by atoms with Gasteiger partial charge in [0.15, 0.2) is 0 Å². The van der Waals surface area contributed by atoms with Gasteiger partial charge >= 0.3 is 5.69 Å². The van der Waals surface area contributed by atoms with Gasteiger partial charge < -0.3 is 0 Å². The minimum Gasteiger partial charge on any atom is -0.258 e. The number of nitro groups is 1. The number of thiophene rings is 1. The maximum absolute atomic E-state index is 10.8. The third-order valence-corrected chi connectivity index (χ3v) is 4.36. The standard InChI is InChI=1S/C8H3BrINO2S/c9-4-1-2-5-6(3-4)14-8(10)7(5)11(12)13/h1-3H. The van der Waals surface area contributed by atoms with E-state index in [0.29, 0.717) is 5.39 Å². The first-order valence-electron chi connectivity index (χ1n) is 3.61. The first kappa shape index (κ1) is 10.3. The summed E-state index contributed by atoms with van der Waals surface area (Å²) in [5, 5.41) is 11.5. The van der Waals surface area contributed by atoms with Crippen LogP contribution in [0.5, 0.6) is 0 Å². The molecular weight excluding hydrogens is 381 g/mol. The molecule has 1 aromatic heterocycles. The van der Waals surface area contributed by atoms with E-state index in [2.05, 4.69) is 15.9 Å². The maximum Gasteiger partial charge on any atom is 0.301 e. The summed E-state index contributed by atoms with van der Waals surface area (Å²) in [7, 11) is 0. The highest BCUT2D eigenvalue weighted by atomic mass is 127. The molecule has 0 amide bonds. The van der Waals surface area contributed by atoms with Crippen LogP contribution in [-0.4, -0.2) is 4.92 Å². The molecule has 0 aliphatic carbocycles. The van der Waals surface area contributed by atoms with Crippen LogP contribution < -0.4 is 0 Å². The van der Waals surface area contributed by atoms with Crippen molar-refractivity contribution in [2.45, 2.75) is 0 Å². The minimum atomic E-state index is -0.325. The number of nitrogens with zero attached hydrogens (tertiary/aromatic N) is 1. The van der Waals surface area contributed by atoms with Gasteiger partial charge in [-0.2, -0.15) is 0 Å². The molecule has 0 unspecified atom stereocenters. The Morgan fingerprint density at radius 3 is 2.86 bits per heavy atom. The molecule has 0 fully saturated rings. The number of hydrogen-bond acceptors (Lipinski definition) is 3. The molecule has 0 aliphatic heterocycles. The van der Waals surface area contributed by atoms with Crippen molar-refractivity contribution in [3.8, 4) is 0 Å². The van der Waals surface area contributed by atoms with Crippen LogP contribution in [0.1, 0.15) is 0 Å². The predicted octanol–water partition coefficient (Wildman–Crippen LogP) is 4.18. The molecule has 0 saturated carbocycles. The van der Waals surface area contributed by atoms with E-state index in [4.69, 9.17) is 0 Å². The molecule has 0 aliphatic rings. The molecule has 0 saturated heterocycles. The van der Waals surface area contributed by atoms with Gasteiger partial charge in [-0.25, -0.2) is 0 Å². The number of hydrogen-bond donors (Lipinski definition) is 0. The second-order valence-corrected chi connectivity index (χ2v) is 6.40. The summed E-state index contributed by atoms with van der Waals surface area (Å²) in [4.78, 5) is 10.5. The molecule has 2 aromatic rings. The Hall–Kier alpha value is -0.210. The smallest absolute Gasteiger partial charge is 0.258 e. The number of rotatable bonds is 1. The molecule has 72 valence electrons. The van der Waals surface area contributed by atoms with Crippen LogP contribution in [0.4, 0.5) is 5.69 Å². The number of halogens is 2. The zero-order valence-electron chi connectivity index (χ0n) is 6.66. The lowest BCUT2D eigenvalue weighted by molar-refractivity contribution is -0.383. The summed E-state index contributed by atoms with van der Waals surface area (Å²) in [6.45, 7) is 0. The van der Waals surface area contributed by atoms with Crippen LogP contribution in [0, 0.1) is 13.0 Å². The van der Waals surface area contributed by atoms with Gasteiger partial charge in [0.25, 0.3) is 0 Å². The Morgan fingerprint density at radius 1 is 1.50 bits per heavy atom. The Kier molecular flexibility index (Phi) is 2.76. The van der Waals surface area contributed by atoms with Crippen molar-refractivity contribution in [3.05, 3.63) is 35.7 Å². The lowest BCUT2D eigenvalue weighted by atomic mass is 10.2. The summed E-state index contributed by atoms with van der Waals surface area (Å²) in [6, 6.07) is 5.49. The van der Waals surface area contributed by atoms with Gasteiger partial charge in [-0.15, -0.1) is 11.3 Å². The van der Waals surface area contributed by atoms with Crippen molar-refractivity contribution >= 4 is 65.6 Å². The average Bonchev–Trinajstić information content (AvgIpc) is 2.39. The normalized spacial score (nSPS) is 10.7. The summed E-state index contributed by atoms with van der Waals surface area (Å²) < 4.78 is 2.61. The van der Waals surface area contributed by atoms with E-state index < -0.39 is 0 Å². The van der Waals surface area contributed by atoms with Crippen molar-refractivity contribution in [1.29, 1.82) is 0 Å². The lowest BCUT2D eigenvalue weighted by Crippen LogP contribution is -1.87. The number of benzene rings is 1. The first-order chi connectivity index (χ1) is 6.59. The average molecular weight is 384 g/mol. The molecule has 0 N–H and O–H groups in total.